The van der Waals surface area contributed by atoms with E-state index in [0.717, 1.165) is 0 Å². The molecule has 0 aromatic carbocycles. The minimum atomic E-state index is -0.720. The molecule has 0 saturated heterocycles. The van der Waals surface area contributed by atoms with Crippen LogP contribution in [-0.4, -0.2) is 17.4 Å². The number of hydrogen-bond acceptors (Lipinski definition) is 2. The van der Waals surface area contributed by atoms with Crippen molar-refractivity contribution in [2.75, 3.05) is 5.88 Å². The molecule has 0 spiro atoms. The molecule has 0 bridgehead atoms. The fourth-order valence-electron chi connectivity index (χ4n) is 1.77. The lowest BCUT2D eigenvalue weighted by molar-refractivity contribution is -0.134. The maximum absolute atomic E-state index is 11.9. The molecule has 0 radical (unpaired) electrons. The van der Waals surface area contributed by atoms with E-state index in [1.54, 1.807) is 27.7 Å². The summed E-state index contributed by atoms with van der Waals surface area (Å²) in [6.07, 6.45) is 0. The van der Waals surface area contributed by atoms with Crippen molar-refractivity contribution in [3.8, 4) is 0 Å². The molecule has 0 fully saturated rings. The van der Waals surface area contributed by atoms with Crippen molar-refractivity contribution < 1.29 is 9.59 Å². The average molecular weight is 215 g/mol. The summed E-state index contributed by atoms with van der Waals surface area (Å²) in [4.78, 5) is 23.7. The van der Waals surface area contributed by atoms with Gasteiger partial charge in [0.15, 0.2) is 11.6 Å². The van der Waals surface area contributed by atoms with Crippen LogP contribution in [0.15, 0.2) is 11.1 Å². The third-order valence-electron chi connectivity index (χ3n) is 3.42. The number of allylic oxidation sites excluding steroid dienone is 2. The summed E-state index contributed by atoms with van der Waals surface area (Å²) < 4.78 is 0. The first-order chi connectivity index (χ1) is 6.36. The van der Waals surface area contributed by atoms with E-state index in [0.29, 0.717) is 11.1 Å². The molecular weight excluding hydrogens is 200 g/mol. The monoisotopic (exact) mass is 214 g/mol. The van der Waals surface area contributed by atoms with Gasteiger partial charge in [-0.1, -0.05) is 13.8 Å². The fourth-order valence-corrected chi connectivity index (χ4v) is 2.12. The van der Waals surface area contributed by atoms with E-state index in [1.807, 2.05) is 0 Å². The Hall–Kier alpha value is -0.630. The molecule has 1 aliphatic carbocycles. The Morgan fingerprint density at radius 2 is 1.79 bits per heavy atom. The summed E-state index contributed by atoms with van der Waals surface area (Å²) in [6, 6.07) is 0. The van der Waals surface area contributed by atoms with Crippen LogP contribution >= 0.6 is 11.6 Å². The van der Waals surface area contributed by atoms with Gasteiger partial charge in [0.05, 0.1) is 5.41 Å². The summed E-state index contributed by atoms with van der Waals surface area (Å²) in [6.45, 7) is 6.95. The second kappa shape index (κ2) is 3.50. The van der Waals surface area contributed by atoms with E-state index in [-0.39, 0.29) is 23.4 Å². The van der Waals surface area contributed by atoms with Gasteiger partial charge in [0, 0.05) is 11.8 Å². The van der Waals surface area contributed by atoms with Crippen LogP contribution in [0, 0.1) is 11.3 Å². The summed E-state index contributed by atoms with van der Waals surface area (Å²) in [5, 5.41) is 0. The first-order valence-electron chi connectivity index (χ1n) is 4.68. The molecule has 0 saturated carbocycles. The first kappa shape index (κ1) is 11.4. The molecule has 78 valence electrons. The van der Waals surface area contributed by atoms with Gasteiger partial charge >= 0.3 is 0 Å². The predicted octanol–water partition coefficient (Wildman–Crippen LogP) is 2.36. The van der Waals surface area contributed by atoms with E-state index >= 15 is 0 Å². The van der Waals surface area contributed by atoms with Crippen LogP contribution in [0.5, 0.6) is 0 Å². The van der Waals surface area contributed by atoms with Gasteiger partial charge in [-0.05, 0) is 25.0 Å². The Bertz CT molecular complexity index is 330. The number of hydrogen-bond donors (Lipinski definition) is 0. The van der Waals surface area contributed by atoms with E-state index in [1.165, 1.54) is 0 Å². The summed E-state index contributed by atoms with van der Waals surface area (Å²) in [5.74, 6) is -0.0536. The minimum Gasteiger partial charge on any atom is -0.294 e. The first-order valence-corrected chi connectivity index (χ1v) is 5.22. The number of carbonyl (C=O) groups is 2. The zero-order valence-corrected chi connectivity index (χ0v) is 9.73. The van der Waals surface area contributed by atoms with Crippen LogP contribution in [0.2, 0.25) is 0 Å². The highest BCUT2D eigenvalue weighted by atomic mass is 35.5. The second-order valence-electron chi connectivity index (χ2n) is 4.22. The van der Waals surface area contributed by atoms with Crippen molar-refractivity contribution in [2.45, 2.75) is 27.7 Å². The maximum Gasteiger partial charge on any atom is 0.166 e. The highest BCUT2D eigenvalue weighted by Gasteiger charge is 2.46. The van der Waals surface area contributed by atoms with Gasteiger partial charge < -0.3 is 0 Å². The Morgan fingerprint density at radius 3 is 2.21 bits per heavy atom. The molecule has 0 amide bonds. The minimum absolute atomic E-state index is 0.0112. The maximum atomic E-state index is 11.9. The lowest BCUT2D eigenvalue weighted by Gasteiger charge is -2.36. The number of carbonyl (C=O) groups excluding carboxylic acids is 2. The number of alkyl halides is 1. The topological polar surface area (TPSA) is 34.1 Å². The van der Waals surface area contributed by atoms with Crippen molar-refractivity contribution in [3.05, 3.63) is 11.1 Å². The van der Waals surface area contributed by atoms with Crippen LogP contribution in [-0.2, 0) is 9.59 Å². The highest BCUT2D eigenvalue weighted by molar-refractivity contribution is 6.23. The zero-order valence-electron chi connectivity index (χ0n) is 8.98. The van der Waals surface area contributed by atoms with Gasteiger partial charge in [-0.3, -0.25) is 9.59 Å². The van der Waals surface area contributed by atoms with E-state index in [4.69, 9.17) is 11.6 Å². The lowest BCUT2D eigenvalue weighted by atomic mass is 9.66. The van der Waals surface area contributed by atoms with Crippen LogP contribution in [0.4, 0.5) is 0 Å². The van der Waals surface area contributed by atoms with Crippen molar-refractivity contribution >= 4 is 23.2 Å². The Morgan fingerprint density at radius 1 is 1.29 bits per heavy atom. The van der Waals surface area contributed by atoms with Gasteiger partial charge in [-0.2, -0.15) is 0 Å². The molecule has 0 aromatic heterocycles. The van der Waals surface area contributed by atoms with E-state index < -0.39 is 5.41 Å². The number of halogens is 1. The third kappa shape index (κ3) is 1.33. The normalized spacial score (nSPS) is 33.9. The molecule has 0 heterocycles. The molecular formula is C11H15ClO2. The van der Waals surface area contributed by atoms with Crippen molar-refractivity contribution in [2.24, 2.45) is 11.3 Å². The van der Waals surface area contributed by atoms with Gasteiger partial charge in [-0.15, -0.1) is 11.6 Å². The molecule has 0 aliphatic heterocycles. The molecule has 2 atom stereocenters. The van der Waals surface area contributed by atoms with Gasteiger partial charge in [0.2, 0.25) is 0 Å². The van der Waals surface area contributed by atoms with Crippen molar-refractivity contribution in [1.29, 1.82) is 0 Å². The molecule has 14 heavy (non-hydrogen) atoms. The third-order valence-corrected chi connectivity index (χ3v) is 3.97. The average Bonchev–Trinajstić information content (AvgIpc) is 2.21. The van der Waals surface area contributed by atoms with Crippen LogP contribution < -0.4 is 0 Å². The van der Waals surface area contributed by atoms with E-state index in [2.05, 4.69) is 0 Å². The number of ketones is 2. The smallest absolute Gasteiger partial charge is 0.166 e. The van der Waals surface area contributed by atoms with Gasteiger partial charge in [0.1, 0.15) is 0 Å². The van der Waals surface area contributed by atoms with Crippen LogP contribution in [0.3, 0.4) is 0 Å². The number of Topliss-reactive ketones (excluding diaryl/α,β-unsaturated/α-hetero) is 2. The summed E-state index contributed by atoms with van der Waals surface area (Å²) in [5.41, 5.74) is 0.434. The molecule has 0 N–H and O–H groups in total. The largest absolute Gasteiger partial charge is 0.294 e. The molecule has 1 aliphatic rings. The van der Waals surface area contributed by atoms with Gasteiger partial charge in [0.25, 0.3) is 0 Å². The standard InChI is InChI=1S/C11H15ClO2/c1-6-7(2)10(14)11(4,5-12)8(3)9(6)13/h8H,5H2,1-4H3. The Balaban J connectivity index is 3.32. The van der Waals surface area contributed by atoms with Gasteiger partial charge in [-0.25, -0.2) is 0 Å². The molecule has 0 aromatic rings. The van der Waals surface area contributed by atoms with E-state index in [9.17, 15) is 9.59 Å². The fraction of sp³-hybridized carbons (Fsp3) is 0.636. The van der Waals surface area contributed by atoms with Crippen LogP contribution in [0.25, 0.3) is 0 Å². The SMILES string of the molecule is CC1=C(C)C(=O)C(C)(CCl)C(C)C1=O. The zero-order chi connectivity index (χ0) is 11.1. The van der Waals surface area contributed by atoms with Crippen LogP contribution in [0.1, 0.15) is 27.7 Å². The highest BCUT2D eigenvalue weighted by Crippen LogP contribution is 2.39. The predicted molar refractivity (Wildman–Crippen MR) is 56.4 cm³/mol. The molecule has 1 rings (SSSR count). The molecule has 3 heteroatoms. The van der Waals surface area contributed by atoms with Crippen molar-refractivity contribution in [3.63, 3.8) is 0 Å². The quantitative estimate of drug-likeness (QED) is 0.628. The second-order valence-corrected chi connectivity index (χ2v) is 4.48. The summed E-state index contributed by atoms with van der Waals surface area (Å²) >= 11 is 5.79. The lowest BCUT2D eigenvalue weighted by Crippen LogP contribution is -2.45. The Labute approximate surface area is 89.3 Å². The molecule has 2 nitrogen and oxygen atoms in total. The summed E-state index contributed by atoms with van der Waals surface area (Å²) in [7, 11) is 0. The Kier molecular flexibility index (Phi) is 2.86. The van der Waals surface area contributed by atoms with Crippen molar-refractivity contribution in [1.82, 2.24) is 0 Å². The number of rotatable bonds is 1. The molecule has 2 unspecified atom stereocenters.